The highest BCUT2D eigenvalue weighted by atomic mass is 16.3. The van der Waals surface area contributed by atoms with Crippen molar-refractivity contribution in [2.24, 2.45) is 0 Å². The van der Waals surface area contributed by atoms with Crippen molar-refractivity contribution in [3.8, 4) is 45.3 Å². The van der Waals surface area contributed by atoms with Crippen molar-refractivity contribution in [3.05, 3.63) is 152 Å². The summed E-state index contributed by atoms with van der Waals surface area (Å²) in [7, 11) is 0. The van der Waals surface area contributed by atoms with E-state index >= 15 is 0 Å². The minimum absolute atomic E-state index is 0.647. The van der Waals surface area contributed by atoms with Gasteiger partial charge in [0.05, 0.1) is 0 Å². The topological polar surface area (TPSA) is 51.8 Å². The quantitative estimate of drug-likeness (QED) is 0.196. The van der Waals surface area contributed by atoms with E-state index in [0.717, 1.165) is 49.8 Å². The summed E-state index contributed by atoms with van der Waals surface area (Å²) in [6, 6.07) is 52.3. The van der Waals surface area contributed by atoms with Crippen LogP contribution < -0.4 is 0 Å². The van der Waals surface area contributed by atoms with E-state index in [0.29, 0.717) is 17.5 Å². The molecule has 9 rings (SSSR count). The van der Waals surface area contributed by atoms with Crippen molar-refractivity contribution in [2.75, 3.05) is 0 Å². The minimum atomic E-state index is 0.647. The van der Waals surface area contributed by atoms with E-state index in [9.17, 15) is 0 Å². The van der Waals surface area contributed by atoms with Crippen LogP contribution in [0.25, 0.3) is 88.8 Å². The maximum atomic E-state index is 6.24. The molecule has 0 amide bonds. The fraction of sp³-hybridized carbons (Fsp3) is 0. The SMILES string of the molecule is c1ccc(-c2nc(-c3ccccc3)nc(-c3ccc(-c4ccc5ccc6cc7c(cc6c5c4)oc4ccccc47)cc3)n2)cc1. The Kier molecular flexibility index (Phi) is 5.78. The van der Waals surface area contributed by atoms with Crippen molar-refractivity contribution in [3.63, 3.8) is 0 Å². The van der Waals surface area contributed by atoms with Gasteiger partial charge in [-0.15, -0.1) is 0 Å². The normalized spacial score (nSPS) is 11.6. The number of para-hydroxylation sites is 1. The number of aromatic nitrogens is 3. The van der Waals surface area contributed by atoms with E-state index in [1.54, 1.807) is 0 Å². The minimum Gasteiger partial charge on any atom is -0.456 e. The molecule has 0 atom stereocenters. The third-order valence-electron chi connectivity index (χ3n) is 8.51. The molecule has 7 aromatic carbocycles. The van der Waals surface area contributed by atoms with Crippen LogP contribution in [0.2, 0.25) is 0 Å². The summed E-state index contributed by atoms with van der Waals surface area (Å²) in [5.74, 6) is 1.96. The molecule has 0 aliphatic carbocycles. The molecule has 0 saturated carbocycles. The molecule has 4 heteroatoms. The maximum Gasteiger partial charge on any atom is 0.164 e. The molecule has 0 aliphatic rings. The molecule has 2 aromatic heterocycles. The summed E-state index contributed by atoms with van der Waals surface area (Å²) in [5.41, 5.74) is 6.95. The second-order valence-electron chi connectivity index (χ2n) is 11.3. The van der Waals surface area contributed by atoms with Gasteiger partial charge in [-0.05, 0) is 56.9 Å². The molecular weight excluding hydrogens is 550 g/mol. The number of fused-ring (bicyclic) bond motifs is 6. The predicted molar refractivity (Wildman–Crippen MR) is 184 cm³/mol. The van der Waals surface area contributed by atoms with Gasteiger partial charge in [0.2, 0.25) is 0 Å². The van der Waals surface area contributed by atoms with Crippen LogP contribution in [0.15, 0.2) is 156 Å². The van der Waals surface area contributed by atoms with Gasteiger partial charge in [0.15, 0.2) is 17.5 Å². The molecule has 0 aliphatic heterocycles. The molecule has 0 bridgehead atoms. The number of hydrogen-bond donors (Lipinski definition) is 0. The van der Waals surface area contributed by atoms with Gasteiger partial charge in [0, 0.05) is 27.5 Å². The van der Waals surface area contributed by atoms with Crippen LogP contribution in [0.3, 0.4) is 0 Å². The first-order valence-corrected chi connectivity index (χ1v) is 15.0. The van der Waals surface area contributed by atoms with Gasteiger partial charge in [-0.25, -0.2) is 15.0 Å². The molecule has 0 saturated heterocycles. The van der Waals surface area contributed by atoms with Gasteiger partial charge in [0.25, 0.3) is 0 Å². The van der Waals surface area contributed by atoms with Crippen molar-refractivity contribution >= 4 is 43.5 Å². The lowest BCUT2D eigenvalue weighted by Crippen LogP contribution is -2.00. The molecule has 0 N–H and O–H groups in total. The highest BCUT2D eigenvalue weighted by Crippen LogP contribution is 2.36. The Balaban J connectivity index is 1.13. The number of benzene rings is 7. The Labute approximate surface area is 259 Å². The molecule has 0 unspecified atom stereocenters. The summed E-state index contributed by atoms with van der Waals surface area (Å²) in [5, 5.41) is 7.08. The highest BCUT2D eigenvalue weighted by molar-refractivity contribution is 6.16. The Morgan fingerprint density at radius 3 is 1.51 bits per heavy atom. The van der Waals surface area contributed by atoms with E-state index in [4.69, 9.17) is 19.4 Å². The molecule has 2 heterocycles. The monoisotopic (exact) mass is 575 g/mol. The van der Waals surface area contributed by atoms with E-state index in [-0.39, 0.29) is 0 Å². The third-order valence-corrected chi connectivity index (χ3v) is 8.51. The Hall–Kier alpha value is -6.13. The Morgan fingerprint density at radius 2 is 0.822 bits per heavy atom. The summed E-state index contributed by atoms with van der Waals surface area (Å²) in [6.45, 7) is 0. The van der Waals surface area contributed by atoms with E-state index in [1.165, 1.54) is 21.5 Å². The summed E-state index contributed by atoms with van der Waals surface area (Å²) < 4.78 is 6.24. The van der Waals surface area contributed by atoms with Crippen molar-refractivity contribution in [1.82, 2.24) is 15.0 Å². The van der Waals surface area contributed by atoms with E-state index < -0.39 is 0 Å². The van der Waals surface area contributed by atoms with Crippen LogP contribution in [0.5, 0.6) is 0 Å². The van der Waals surface area contributed by atoms with Crippen molar-refractivity contribution < 1.29 is 4.42 Å². The largest absolute Gasteiger partial charge is 0.456 e. The van der Waals surface area contributed by atoms with Gasteiger partial charge in [0.1, 0.15) is 11.2 Å². The van der Waals surface area contributed by atoms with Crippen LogP contribution in [-0.4, -0.2) is 15.0 Å². The third kappa shape index (κ3) is 4.43. The lowest BCUT2D eigenvalue weighted by Gasteiger charge is -2.10. The first-order chi connectivity index (χ1) is 22.3. The molecule has 4 nitrogen and oxygen atoms in total. The van der Waals surface area contributed by atoms with Crippen LogP contribution >= 0.6 is 0 Å². The standard InChI is InChI=1S/C41H25N3O/c1-3-9-28(10-4-1)39-42-40(29-11-5-2-6-12-29)44-41(43-39)30-19-15-26(16-20-30)31-21-17-27-18-22-32-24-36-33-13-7-8-14-37(33)45-38(36)25-35(32)34(27)23-31/h1-25H. The fourth-order valence-corrected chi connectivity index (χ4v) is 6.20. The van der Waals surface area contributed by atoms with Crippen molar-refractivity contribution in [2.45, 2.75) is 0 Å². The smallest absolute Gasteiger partial charge is 0.164 e. The molecule has 210 valence electrons. The van der Waals surface area contributed by atoms with Crippen LogP contribution in [-0.2, 0) is 0 Å². The first kappa shape index (κ1) is 25.4. The van der Waals surface area contributed by atoms with Crippen LogP contribution in [0.4, 0.5) is 0 Å². The number of hydrogen-bond acceptors (Lipinski definition) is 4. The zero-order valence-electron chi connectivity index (χ0n) is 24.2. The van der Waals surface area contributed by atoms with Gasteiger partial charge in [-0.2, -0.15) is 0 Å². The van der Waals surface area contributed by atoms with Gasteiger partial charge in [-0.3, -0.25) is 0 Å². The first-order valence-electron chi connectivity index (χ1n) is 15.0. The number of nitrogens with zero attached hydrogens (tertiary/aromatic N) is 3. The maximum absolute atomic E-state index is 6.24. The van der Waals surface area contributed by atoms with Gasteiger partial charge >= 0.3 is 0 Å². The van der Waals surface area contributed by atoms with E-state index in [2.05, 4.69) is 78.9 Å². The van der Waals surface area contributed by atoms with Crippen LogP contribution in [0.1, 0.15) is 0 Å². The number of furan rings is 1. The zero-order chi connectivity index (χ0) is 29.7. The predicted octanol–water partition coefficient (Wildman–Crippen LogP) is 10.7. The second kappa shape index (κ2) is 10.2. The fourth-order valence-electron chi connectivity index (χ4n) is 6.20. The van der Waals surface area contributed by atoms with Gasteiger partial charge < -0.3 is 4.42 Å². The zero-order valence-corrected chi connectivity index (χ0v) is 24.2. The molecule has 0 fully saturated rings. The van der Waals surface area contributed by atoms with Crippen molar-refractivity contribution in [1.29, 1.82) is 0 Å². The van der Waals surface area contributed by atoms with Crippen LogP contribution in [0, 0.1) is 0 Å². The lowest BCUT2D eigenvalue weighted by atomic mass is 9.96. The molecule has 9 aromatic rings. The summed E-state index contributed by atoms with van der Waals surface area (Å²) in [6.07, 6.45) is 0. The Bertz CT molecular complexity index is 2460. The lowest BCUT2D eigenvalue weighted by molar-refractivity contribution is 0.669. The molecule has 0 radical (unpaired) electrons. The van der Waals surface area contributed by atoms with Gasteiger partial charge in [-0.1, -0.05) is 127 Å². The summed E-state index contributed by atoms with van der Waals surface area (Å²) >= 11 is 0. The van der Waals surface area contributed by atoms with E-state index in [1.807, 2.05) is 72.8 Å². The summed E-state index contributed by atoms with van der Waals surface area (Å²) in [4.78, 5) is 14.6. The average molecular weight is 576 g/mol. The number of rotatable bonds is 4. The molecular formula is C41H25N3O. The average Bonchev–Trinajstić information content (AvgIpc) is 3.48. The second-order valence-corrected chi connectivity index (χ2v) is 11.3. The Morgan fingerprint density at radius 1 is 0.311 bits per heavy atom. The molecule has 45 heavy (non-hydrogen) atoms. The molecule has 0 spiro atoms. The highest BCUT2D eigenvalue weighted by Gasteiger charge is 2.13.